The van der Waals surface area contributed by atoms with Gasteiger partial charge >= 0.3 is 10.1 Å². The molecule has 0 spiro atoms. The van der Waals surface area contributed by atoms with Crippen molar-refractivity contribution in [1.29, 1.82) is 0 Å². The maximum absolute atomic E-state index is 12.4. The van der Waals surface area contributed by atoms with Crippen LogP contribution in [0, 0.1) is 6.92 Å². The lowest BCUT2D eigenvalue weighted by molar-refractivity contribution is 0.356. The predicted molar refractivity (Wildman–Crippen MR) is 82.3 cm³/mol. The van der Waals surface area contributed by atoms with Crippen LogP contribution in [0.5, 0.6) is 11.5 Å². The normalized spacial score (nSPS) is 13.6. The van der Waals surface area contributed by atoms with Crippen molar-refractivity contribution in [2.45, 2.75) is 18.2 Å². The van der Waals surface area contributed by atoms with Gasteiger partial charge in [-0.15, -0.1) is 0 Å². The highest BCUT2D eigenvalue weighted by Gasteiger charge is 2.21. The Hall–Kier alpha value is -1.53. The molecule has 0 bridgehead atoms. The lowest BCUT2D eigenvalue weighted by Gasteiger charge is -2.10. The molecule has 6 heteroatoms. The van der Waals surface area contributed by atoms with E-state index in [4.69, 9.17) is 8.92 Å². The molecule has 2 aromatic rings. The molecule has 3 rings (SSSR count). The number of halogens is 1. The second kappa shape index (κ2) is 5.35. The molecule has 0 saturated carbocycles. The molecule has 2 aromatic carbocycles. The van der Waals surface area contributed by atoms with E-state index in [1.807, 2.05) is 6.92 Å². The van der Waals surface area contributed by atoms with Crippen LogP contribution in [0.25, 0.3) is 0 Å². The average Bonchev–Trinajstić information content (AvgIpc) is 2.89. The minimum Gasteiger partial charge on any atom is -0.493 e. The summed E-state index contributed by atoms with van der Waals surface area (Å²) in [4.78, 5) is 0.138. The number of hydrogen-bond acceptors (Lipinski definition) is 4. The van der Waals surface area contributed by atoms with E-state index in [0.29, 0.717) is 17.5 Å². The molecule has 0 fully saturated rings. The van der Waals surface area contributed by atoms with Gasteiger partial charge in [-0.3, -0.25) is 0 Å². The van der Waals surface area contributed by atoms with Gasteiger partial charge in [0.05, 0.1) is 11.1 Å². The highest BCUT2D eigenvalue weighted by Crippen LogP contribution is 2.31. The van der Waals surface area contributed by atoms with E-state index in [1.165, 1.54) is 6.07 Å². The summed E-state index contributed by atoms with van der Waals surface area (Å²) in [6.45, 7) is 2.51. The van der Waals surface area contributed by atoms with Gasteiger partial charge in [0, 0.05) is 6.42 Å². The molecule has 110 valence electrons. The minimum atomic E-state index is -3.86. The van der Waals surface area contributed by atoms with Crippen molar-refractivity contribution in [2.75, 3.05) is 6.61 Å². The van der Waals surface area contributed by atoms with Crippen LogP contribution >= 0.6 is 15.9 Å². The first-order valence-electron chi connectivity index (χ1n) is 6.42. The predicted octanol–water partition coefficient (Wildman–Crippen LogP) is 3.46. The molecule has 1 aliphatic rings. The molecule has 0 amide bonds. The van der Waals surface area contributed by atoms with Crippen LogP contribution in [-0.2, 0) is 16.5 Å². The molecular weight excluding hydrogens is 356 g/mol. The van der Waals surface area contributed by atoms with Crippen molar-refractivity contribution >= 4 is 26.0 Å². The minimum absolute atomic E-state index is 0.138. The van der Waals surface area contributed by atoms with E-state index >= 15 is 0 Å². The van der Waals surface area contributed by atoms with Crippen LogP contribution in [-0.4, -0.2) is 15.0 Å². The van der Waals surface area contributed by atoms with Crippen LogP contribution in [0.4, 0.5) is 0 Å². The lowest BCUT2D eigenvalue weighted by atomic mass is 10.2. The first-order valence-corrected chi connectivity index (χ1v) is 8.62. The monoisotopic (exact) mass is 368 g/mol. The zero-order valence-electron chi connectivity index (χ0n) is 11.3. The van der Waals surface area contributed by atoms with Crippen molar-refractivity contribution < 1.29 is 17.3 Å². The van der Waals surface area contributed by atoms with Crippen LogP contribution in [0.1, 0.15) is 11.1 Å². The second-order valence-corrected chi connectivity index (χ2v) is 7.24. The highest BCUT2D eigenvalue weighted by atomic mass is 79.9. The number of rotatable bonds is 3. The smallest absolute Gasteiger partial charge is 0.339 e. The summed E-state index contributed by atoms with van der Waals surface area (Å²) in [6, 6.07) is 10.0. The molecule has 0 saturated heterocycles. The van der Waals surface area contributed by atoms with Crippen LogP contribution in [0.2, 0.25) is 0 Å². The van der Waals surface area contributed by atoms with E-state index in [2.05, 4.69) is 15.9 Å². The number of benzene rings is 2. The summed E-state index contributed by atoms with van der Waals surface area (Å²) in [7, 11) is -3.86. The van der Waals surface area contributed by atoms with Crippen molar-refractivity contribution in [2.24, 2.45) is 0 Å². The Morgan fingerprint density at radius 1 is 1.19 bits per heavy atom. The van der Waals surface area contributed by atoms with Crippen molar-refractivity contribution in [1.82, 2.24) is 0 Å². The summed E-state index contributed by atoms with van der Waals surface area (Å²) in [6.07, 6.45) is 0.715. The van der Waals surface area contributed by atoms with Gasteiger partial charge in [-0.25, -0.2) is 0 Å². The molecule has 1 aliphatic heterocycles. The van der Waals surface area contributed by atoms with Gasteiger partial charge in [0.15, 0.2) is 5.75 Å². The topological polar surface area (TPSA) is 52.6 Å². The van der Waals surface area contributed by atoms with Gasteiger partial charge < -0.3 is 8.92 Å². The van der Waals surface area contributed by atoms with Crippen molar-refractivity contribution in [3.63, 3.8) is 0 Å². The molecule has 21 heavy (non-hydrogen) atoms. The highest BCUT2D eigenvalue weighted by molar-refractivity contribution is 9.10. The average molecular weight is 369 g/mol. The summed E-state index contributed by atoms with van der Waals surface area (Å²) >= 11 is 3.31. The first-order chi connectivity index (χ1) is 9.95. The van der Waals surface area contributed by atoms with Gasteiger partial charge in [0.25, 0.3) is 0 Å². The second-order valence-electron chi connectivity index (χ2n) is 4.84. The van der Waals surface area contributed by atoms with E-state index < -0.39 is 10.1 Å². The van der Waals surface area contributed by atoms with Gasteiger partial charge in [-0.1, -0.05) is 6.07 Å². The number of ether oxygens (including phenoxy) is 1. The van der Waals surface area contributed by atoms with Crippen molar-refractivity contribution in [3.05, 3.63) is 52.0 Å². The van der Waals surface area contributed by atoms with Gasteiger partial charge in [-0.05, 0) is 64.3 Å². The van der Waals surface area contributed by atoms with E-state index in [0.717, 1.165) is 16.9 Å². The lowest BCUT2D eigenvalue weighted by Crippen LogP contribution is -2.10. The fourth-order valence-electron chi connectivity index (χ4n) is 2.16. The Labute approximate surface area is 132 Å². The molecule has 0 N–H and O–H groups in total. The van der Waals surface area contributed by atoms with Gasteiger partial charge in [0.2, 0.25) is 0 Å². The fourth-order valence-corrected chi connectivity index (χ4v) is 3.84. The molecule has 0 aliphatic carbocycles. The molecular formula is C15H13BrO4S. The Kier molecular flexibility index (Phi) is 3.67. The molecule has 0 unspecified atom stereocenters. The third-order valence-electron chi connectivity index (χ3n) is 3.24. The molecule has 1 heterocycles. The number of fused-ring (bicyclic) bond motifs is 1. The summed E-state index contributed by atoms with van der Waals surface area (Å²) < 4.78 is 35.9. The SMILES string of the molecule is Cc1ccc(OS(=O)(=O)c2ccc3c(c2)CCO3)c(Br)c1. The van der Waals surface area contributed by atoms with Gasteiger partial charge in [-0.2, -0.15) is 8.42 Å². The summed E-state index contributed by atoms with van der Waals surface area (Å²) in [5, 5.41) is 0. The Morgan fingerprint density at radius 3 is 2.76 bits per heavy atom. The zero-order chi connectivity index (χ0) is 15.0. The summed E-state index contributed by atoms with van der Waals surface area (Å²) in [5.41, 5.74) is 1.91. The maximum Gasteiger partial charge on any atom is 0.339 e. The molecule has 0 aromatic heterocycles. The Balaban J connectivity index is 1.93. The quantitative estimate of drug-likeness (QED) is 0.778. The first kappa shape index (κ1) is 14.4. The van der Waals surface area contributed by atoms with Crippen LogP contribution in [0.3, 0.4) is 0 Å². The number of hydrogen-bond donors (Lipinski definition) is 0. The molecule has 4 nitrogen and oxygen atoms in total. The van der Waals surface area contributed by atoms with Crippen LogP contribution < -0.4 is 8.92 Å². The van der Waals surface area contributed by atoms with E-state index in [9.17, 15) is 8.42 Å². The maximum atomic E-state index is 12.4. The Bertz CT molecular complexity index is 799. The molecule has 0 radical (unpaired) electrons. The van der Waals surface area contributed by atoms with E-state index in [1.54, 1.807) is 30.3 Å². The summed E-state index contributed by atoms with van der Waals surface area (Å²) in [5.74, 6) is 1.02. The van der Waals surface area contributed by atoms with Gasteiger partial charge in [0.1, 0.15) is 10.6 Å². The third-order valence-corrected chi connectivity index (χ3v) is 5.09. The largest absolute Gasteiger partial charge is 0.493 e. The fraction of sp³-hybridized carbons (Fsp3) is 0.200. The number of aryl methyl sites for hydroxylation is 1. The Morgan fingerprint density at radius 2 is 2.00 bits per heavy atom. The zero-order valence-corrected chi connectivity index (χ0v) is 13.7. The standard InChI is InChI=1S/C15H13BrO4S/c1-10-2-4-15(13(16)8-10)20-21(17,18)12-3-5-14-11(9-12)6-7-19-14/h2-5,8-9H,6-7H2,1H3. The van der Waals surface area contributed by atoms with Crippen LogP contribution in [0.15, 0.2) is 45.8 Å². The van der Waals surface area contributed by atoms with E-state index in [-0.39, 0.29) is 10.6 Å². The van der Waals surface area contributed by atoms with Crippen molar-refractivity contribution in [3.8, 4) is 11.5 Å². The third kappa shape index (κ3) is 2.91. The molecule has 0 atom stereocenters.